The van der Waals surface area contributed by atoms with Gasteiger partial charge in [-0.2, -0.15) is 0 Å². The first-order valence-electron chi connectivity index (χ1n) is 5.06. The third kappa shape index (κ3) is 2.98. The van der Waals surface area contributed by atoms with Gasteiger partial charge in [0.2, 0.25) is 0 Å². The fourth-order valence-corrected chi connectivity index (χ4v) is 1.92. The molecule has 0 radical (unpaired) electrons. The minimum Gasteiger partial charge on any atom is -0.338 e. The van der Waals surface area contributed by atoms with Gasteiger partial charge in [-0.15, -0.1) is 11.6 Å². The topological polar surface area (TPSA) is 20.3 Å². The monoisotopic (exact) mass is 303 g/mol. The number of carbonyl (C=O) groups excluding carboxylic acids is 1. The van der Waals surface area contributed by atoms with Crippen LogP contribution in [0.5, 0.6) is 0 Å². The lowest BCUT2D eigenvalue weighted by Crippen LogP contribution is -2.36. The van der Waals surface area contributed by atoms with E-state index in [1.54, 1.807) is 11.9 Å². The molecule has 1 rings (SSSR count). The Morgan fingerprint density at radius 1 is 1.56 bits per heavy atom. The highest BCUT2D eigenvalue weighted by molar-refractivity contribution is 9.10. The molecule has 0 aliphatic carbocycles. The Morgan fingerprint density at radius 2 is 2.19 bits per heavy atom. The van der Waals surface area contributed by atoms with Gasteiger partial charge in [0.1, 0.15) is 0 Å². The molecular weight excluding hydrogens is 289 g/mol. The second kappa shape index (κ2) is 5.69. The summed E-state index contributed by atoms with van der Waals surface area (Å²) in [4.78, 5) is 13.8. The molecule has 0 heterocycles. The van der Waals surface area contributed by atoms with Gasteiger partial charge in [0, 0.05) is 23.4 Å². The molecule has 16 heavy (non-hydrogen) atoms. The molecule has 1 amide bonds. The van der Waals surface area contributed by atoms with Crippen molar-refractivity contribution in [2.24, 2.45) is 0 Å². The predicted octanol–water partition coefficient (Wildman–Crippen LogP) is 3.46. The van der Waals surface area contributed by atoms with Crippen LogP contribution in [0.4, 0.5) is 0 Å². The Hall–Kier alpha value is -0.540. The largest absolute Gasteiger partial charge is 0.338 e. The first kappa shape index (κ1) is 13.5. The molecule has 88 valence electrons. The average molecular weight is 305 g/mol. The van der Waals surface area contributed by atoms with Gasteiger partial charge in [0.15, 0.2) is 0 Å². The molecule has 0 saturated carbocycles. The van der Waals surface area contributed by atoms with E-state index in [4.69, 9.17) is 11.6 Å². The number of hydrogen-bond acceptors (Lipinski definition) is 1. The van der Waals surface area contributed by atoms with Gasteiger partial charge in [-0.25, -0.2) is 0 Å². The Balaban J connectivity index is 3.00. The van der Waals surface area contributed by atoms with E-state index in [-0.39, 0.29) is 11.9 Å². The van der Waals surface area contributed by atoms with Gasteiger partial charge in [0.05, 0.1) is 5.56 Å². The number of carbonyl (C=O) groups is 1. The molecule has 2 nitrogen and oxygen atoms in total. The van der Waals surface area contributed by atoms with Crippen molar-refractivity contribution in [3.05, 3.63) is 33.8 Å². The first-order valence-corrected chi connectivity index (χ1v) is 6.39. The molecule has 0 aliphatic rings. The van der Waals surface area contributed by atoms with E-state index in [2.05, 4.69) is 15.9 Å². The van der Waals surface area contributed by atoms with Crippen molar-refractivity contribution in [3.63, 3.8) is 0 Å². The average Bonchev–Trinajstić information content (AvgIpc) is 2.29. The van der Waals surface area contributed by atoms with Crippen molar-refractivity contribution < 1.29 is 4.79 Å². The number of nitrogens with zero attached hydrogens (tertiary/aromatic N) is 1. The number of alkyl halides is 1. The van der Waals surface area contributed by atoms with Gasteiger partial charge < -0.3 is 4.90 Å². The van der Waals surface area contributed by atoms with Crippen LogP contribution in [0, 0.1) is 6.92 Å². The van der Waals surface area contributed by atoms with Crippen molar-refractivity contribution >= 4 is 33.4 Å². The summed E-state index contributed by atoms with van der Waals surface area (Å²) in [5.74, 6) is 0.426. The zero-order valence-corrected chi connectivity index (χ0v) is 12.0. The van der Waals surface area contributed by atoms with Gasteiger partial charge in [-0.05, 0) is 41.9 Å². The highest BCUT2D eigenvalue weighted by atomic mass is 79.9. The van der Waals surface area contributed by atoms with Gasteiger partial charge in [0.25, 0.3) is 5.91 Å². The van der Waals surface area contributed by atoms with E-state index in [1.165, 1.54) is 0 Å². The molecule has 1 unspecified atom stereocenters. The fourth-order valence-electron chi connectivity index (χ4n) is 1.30. The summed E-state index contributed by atoms with van der Waals surface area (Å²) in [7, 11) is 1.77. The molecular formula is C12H15BrClNO. The second-order valence-corrected chi connectivity index (χ2v) is 5.07. The molecule has 0 fully saturated rings. The minimum atomic E-state index is -0.0104. The zero-order valence-electron chi connectivity index (χ0n) is 9.63. The Labute approximate surface area is 110 Å². The number of rotatable bonds is 3. The zero-order chi connectivity index (χ0) is 12.3. The lowest BCUT2D eigenvalue weighted by atomic mass is 10.1. The summed E-state index contributed by atoms with van der Waals surface area (Å²) < 4.78 is 0.816. The third-order valence-corrected chi connectivity index (χ3v) is 3.70. The lowest BCUT2D eigenvalue weighted by molar-refractivity contribution is 0.0755. The van der Waals surface area contributed by atoms with Gasteiger partial charge >= 0.3 is 0 Å². The number of benzene rings is 1. The van der Waals surface area contributed by atoms with E-state index in [1.807, 2.05) is 32.0 Å². The quantitative estimate of drug-likeness (QED) is 0.783. The predicted molar refractivity (Wildman–Crippen MR) is 71.2 cm³/mol. The van der Waals surface area contributed by atoms with Crippen molar-refractivity contribution in [3.8, 4) is 0 Å². The summed E-state index contributed by atoms with van der Waals surface area (Å²) in [5, 5.41) is 0. The van der Waals surface area contributed by atoms with Crippen LogP contribution in [0.15, 0.2) is 22.7 Å². The molecule has 0 aromatic heterocycles. The maximum atomic E-state index is 12.2. The Morgan fingerprint density at radius 3 is 2.75 bits per heavy atom. The number of aryl methyl sites for hydroxylation is 1. The van der Waals surface area contributed by atoms with Crippen LogP contribution >= 0.6 is 27.5 Å². The summed E-state index contributed by atoms with van der Waals surface area (Å²) >= 11 is 9.13. The molecule has 1 aromatic rings. The normalized spacial score (nSPS) is 12.3. The summed E-state index contributed by atoms with van der Waals surface area (Å²) in [5.41, 5.74) is 1.75. The van der Waals surface area contributed by atoms with Crippen molar-refractivity contribution in [2.75, 3.05) is 12.9 Å². The van der Waals surface area contributed by atoms with Crippen LogP contribution in [0.25, 0.3) is 0 Å². The highest BCUT2D eigenvalue weighted by Crippen LogP contribution is 2.20. The third-order valence-electron chi connectivity index (χ3n) is 2.56. The molecule has 0 saturated heterocycles. The summed E-state index contributed by atoms with van der Waals surface area (Å²) in [6.07, 6.45) is 0. The number of hydrogen-bond donors (Lipinski definition) is 0. The van der Waals surface area contributed by atoms with E-state index in [0.29, 0.717) is 11.4 Å². The standard InChI is InChI=1S/C12H15BrClNO/c1-8-4-5-11(13)10(6-8)12(16)15(3)9(2)7-14/h4-6,9H,7H2,1-3H3. The van der Waals surface area contributed by atoms with Crippen LogP contribution in [-0.2, 0) is 0 Å². The lowest BCUT2D eigenvalue weighted by Gasteiger charge is -2.23. The molecule has 0 spiro atoms. The minimum absolute atomic E-state index is 0.0104. The van der Waals surface area contributed by atoms with Crippen molar-refractivity contribution in [2.45, 2.75) is 19.9 Å². The summed E-state index contributed by atoms with van der Waals surface area (Å²) in [6.45, 7) is 3.89. The maximum absolute atomic E-state index is 12.2. The molecule has 0 aliphatic heterocycles. The Kier molecular flexibility index (Phi) is 4.81. The highest BCUT2D eigenvalue weighted by Gasteiger charge is 2.18. The van der Waals surface area contributed by atoms with Gasteiger partial charge in [-0.1, -0.05) is 11.6 Å². The molecule has 1 aromatic carbocycles. The second-order valence-electron chi connectivity index (χ2n) is 3.90. The molecule has 0 bridgehead atoms. The molecule has 1 atom stereocenters. The Bertz CT molecular complexity index is 395. The van der Waals surface area contributed by atoms with Crippen molar-refractivity contribution in [1.82, 2.24) is 4.90 Å². The van der Waals surface area contributed by atoms with Crippen LogP contribution in [-0.4, -0.2) is 29.8 Å². The van der Waals surface area contributed by atoms with E-state index >= 15 is 0 Å². The van der Waals surface area contributed by atoms with Gasteiger partial charge in [-0.3, -0.25) is 4.79 Å². The number of halogens is 2. The van der Waals surface area contributed by atoms with Crippen molar-refractivity contribution in [1.29, 1.82) is 0 Å². The SMILES string of the molecule is Cc1ccc(Br)c(C(=O)N(C)C(C)CCl)c1. The fraction of sp³-hybridized carbons (Fsp3) is 0.417. The van der Waals surface area contributed by atoms with Crippen LogP contribution < -0.4 is 0 Å². The van der Waals surface area contributed by atoms with E-state index < -0.39 is 0 Å². The van der Waals surface area contributed by atoms with Crippen LogP contribution in [0.1, 0.15) is 22.8 Å². The van der Waals surface area contributed by atoms with E-state index in [0.717, 1.165) is 10.0 Å². The maximum Gasteiger partial charge on any atom is 0.255 e. The van der Waals surface area contributed by atoms with E-state index in [9.17, 15) is 4.79 Å². The number of amides is 1. The first-order chi connectivity index (χ1) is 7.47. The van der Waals surface area contributed by atoms with Crippen LogP contribution in [0.3, 0.4) is 0 Å². The molecule has 0 N–H and O–H groups in total. The van der Waals surface area contributed by atoms with Crippen LogP contribution in [0.2, 0.25) is 0 Å². The summed E-state index contributed by atoms with van der Waals surface area (Å²) in [6, 6.07) is 5.76. The smallest absolute Gasteiger partial charge is 0.255 e. The molecule has 4 heteroatoms.